The van der Waals surface area contributed by atoms with Crippen molar-refractivity contribution in [2.24, 2.45) is 0 Å². The number of ether oxygens (including phenoxy) is 2. The Hall–Kier alpha value is -4.00. The third-order valence-electron chi connectivity index (χ3n) is 5.24. The monoisotopic (exact) mass is 465 g/mol. The van der Waals surface area contributed by atoms with Crippen LogP contribution in [0.5, 0.6) is 11.5 Å². The maximum Gasteiger partial charge on any atom is 0.418 e. The number of anilines is 1. The highest BCUT2D eigenvalue weighted by atomic mass is 19.4. The summed E-state index contributed by atoms with van der Waals surface area (Å²) in [4.78, 5) is 12.8. The number of fused-ring (bicyclic) bond motifs is 1. The van der Waals surface area contributed by atoms with Gasteiger partial charge in [0.05, 0.1) is 17.9 Å². The number of rotatable bonds is 7. The Labute approximate surface area is 194 Å². The largest absolute Gasteiger partial charge is 0.493 e. The van der Waals surface area contributed by atoms with Gasteiger partial charge in [-0.2, -0.15) is 13.2 Å². The predicted octanol–water partition coefficient (Wildman–Crippen LogP) is 7.09. The lowest BCUT2D eigenvalue weighted by Crippen LogP contribution is -2.17. The standard InChI is InChI=1S/C27H22F3NO3/c1-2-33-24-15-14-19(26(32)31-23-12-6-5-11-22(23)27(28,29)30)16-20(24)17-34-25-13-7-9-18-8-3-4-10-21(18)25/h3-16H,2,17H2,1H3,(H,31,32). The van der Waals surface area contributed by atoms with Crippen LogP contribution in [0.25, 0.3) is 10.8 Å². The Morgan fingerprint density at radius 2 is 1.59 bits per heavy atom. The molecule has 0 saturated heterocycles. The van der Waals surface area contributed by atoms with Gasteiger partial charge in [0.2, 0.25) is 0 Å². The number of carbonyl (C=O) groups excluding carboxylic acids is 1. The molecule has 174 valence electrons. The molecule has 0 spiro atoms. The summed E-state index contributed by atoms with van der Waals surface area (Å²) in [6.07, 6.45) is -4.58. The third-order valence-corrected chi connectivity index (χ3v) is 5.24. The summed E-state index contributed by atoms with van der Waals surface area (Å²) in [6.45, 7) is 2.36. The highest BCUT2D eigenvalue weighted by molar-refractivity contribution is 6.05. The van der Waals surface area contributed by atoms with Crippen molar-refractivity contribution in [1.29, 1.82) is 0 Å². The van der Waals surface area contributed by atoms with Crippen molar-refractivity contribution in [3.05, 3.63) is 102 Å². The lowest BCUT2D eigenvalue weighted by Gasteiger charge is -2.16. The minimum Gasteiger partial charge on any atom is -0.493 e. The summed E-state index contributed by atoms with van der Waals surface area (Å²) in [6, 6.07) is 23.1. The number of benzene rings is 4. The van der Waals surface area contributed by atoms with Crippen molar-refractivity contribution in [2.45, 2.75) is 19.7 Å². The van der Waals surface area contributed by atoms with Crippen LogP contribution >= 0.6 is 0 Å². The number of amides is 1. The van der Waals surface area contributed by atoms with Crippen molar-refractivity contribution in [2.75, 3.05) is 11.9 Å². The first-order chi connectivity index (χ1) is 16.4. The normalized spacial score (nSPS) is 11.3. The van der Waals surface area contributed by atoms with Gasteiger partial charge in [0.25, 0.3) is 5.91 Å². The van der Waals surface area contributed by atoms with E-state index in [9.17, 15) is 18.0 Å². The van der Waals surface area contributed by atoms with Crippen LogP contribution in [0.3, 0.4) is 0 Å². The number of nitrogens with one attached hydrogen (secondary N) is 1. The molecule has 1 amide bonds. The van der Waals surface area contributed by atoms with Gasteiger partial charge < -0.3 is 14.8 Å². The molecule has 0 atom stereocenters. The zero-order valence-electron chi connectivity index (χ0n) is 18.4. The SMILES string of the molecule is CCOc1ccc(C(=O)Nc2ccccc2C(F)(F)F)cc1COc1cccc2ccccc12. The molecule has 0 aliphatic heterocycles. The van der Waals surface area contributed by atoms with E-state index in [0.717, 1.165) is 16.8 Å². The van der Waals surface area contributed by atoms with Crippen LogP contribution in [0.2, 0.25) is 0 Å². The lowest BCUT2D eigenvalue weighted by atomic mass is 10.1. The Kier molecular flexibility index (Phi) is 6.72. The van der Waals surface area contributed by atoms with Gasteiger partial charge in [-0.05, 0) is 48.7 Å². The number of carbonyl (C=O) groups is 1. The van der Waals surface area contributed by atoms with E-state index in [-0.39, 0.29) is 17.9 Å². The highest BCUT2D eigenvalue weighted by Gasteiger charge is 2.33. The van der Waals surface area contributed by atoms with Crippen LogP contribution in [-0.2, 0) is 12.8 Å². The number of para-hydroxylation sites is 1. The van der Waals surface area contributed by atoms with E-state index in [1.807, 2.05) is 49.4 Å². The van der Waals surface area contributed by atoms with E-state index in [1.165, 1.54) is 24.3 Å². The van der Waals surface area contributed by atoms with Gasteiger partial charge in [-0.3, -0.25) is 4.79 Å². The van der Waals surface area contributed by atoms with E-state index in [2.05, 4.69) is 5.32 Å². The van der Waals surface area contributed by atoms with Gasteiger partial charge in [-0.1, -0.05) is 48.5 Å². The molecular formula is C27H22F3NO3. The molecule has 4 nitrogen and oxygen atoms in total. The van der Waals surface area contributed by atoms with E-state index < -0.39 is 17.6 Å². The number of hydrogen-bond donors (Lipinski definition) is 1. The van der Waals surface area contributed by atoms with E-state index in [1.54, 1.807) is 12.1 Å². The van der Waals surface area contributed by atoms with Gasteiger partial charge in [0.15, 0.2) is 0 Å². The second-order valence-corrected chi connectivity index (χ2v) is 7.52. The molecule has 0 bridgehead atoms. The lowest BCUT2D eigenvalue weighted by molar-refractivity contribution is -0.136. The van der Waals surface area contributed by atoms with E-state index in [0.29, 0.717) is 23.7 Å². The first-order valence-electron chi connectivity index (χ1n) is 10.7. The molecule has 0 aromatic heterocycles. The molecule has 0 radical (unpaired) electrons. The fraction of sp³-hybridized carbons (Fsp3) is 0.148. The van der Waals surface area contributed by atoms with Gasteiger partial charge >= 0.3 is 6.18 Å². The molecule has 4 aromatic carbocycles. The fourth-order valence-corrected chi connectivity index (χ4v) is 3.64. The maximum atomic E-state index is 13.3. The number of hydrogen-bond acceptors (Lipinski definition) is 3. The first kappa shape index (κ1) is 23.2. The van der Waals surface area contributed by atoms with Crippen LogP contribution in [0.4, 0.5) is 18.9 Å². The Morgan fingerprint density at radius 1 is 0.853 bits per heavy atom. The van der Waals surface area contributed by atoms with Crippen molar-refractivity contribution >= 4 is 22.4 Å². The minimum atomic E-state index is -4.58. The molecule has 4 rings (SSSR count). The van der Waals surface area contributed by atoms with Crippen LogP contribution < -0.4 is 14.8 Å². The topological polar surface area (TPSA) is 47.6 Å². The van der Waals surface area contributed by atoms with Crippen LogP contribution in [0, 0.1) is 0 Å². The maximum absolute atomic E-state index is 13.3. The zero-order chi connectivity index (χ0) is 24.1. The second-order valence-electron chi connectivity index (χ2n) is 7.52. The third kappa shape index (κ3) is 5.14. The van der Waals surface area contributed by atoms with Crippen molar-refractivity contribution in [1.82, 2.24) is 0 Å². The zero-order valence-corrected chi connectivity index (χ0v) is 18.4. The quantitative estimate of drug-likeness (QED) is 0.317. The molecule has 0 unspecified atom stereocenters. The van der Waals surface area contributed by atoms with Gasteiger partial charge in [-0.15, -0.1) is 0 Å². The molecule has 0 aliphatic rings. The minimum absolute atomic E-state index is 0.115. The summed E-state index contributed by atoms with van der Waals surface area (Å²) in [5.41, 5.74) is -0.417. The van der Waals surface area contributed by atoms with Crippen molar-refractivity contribution in [3.63, 3.8) is 0 Å². The average Bonchev–Trinajstić information content (AvgIpc) is 2.83. The molecule has 0 aliphatic carbocycles. The molecule has 0 fully saturated rings. The molecule has 4 aromatic rings. The molecule has 0 saturated carbocycles. The molecule has 34 heavy (non-hydrogen) atoms. The number of halogens is 3. The van der Waals surface area contributed by atoms with Crippen molar-refractivity contribution < 1.29 is 27.4 Å². The van der Waals surface area contributed by atoms with Crippen LogP contribution in [0.1, 0.15) is 28.4 Å². The number of alkyl halides is 3. The Balaban J connectivity index is 1.59. The summed E-state index contributed by atoms with van der Waals surface area (Å²) >= 11 is 0. The van der Waals surface area contributed by atoms with E-state index in [4.69, 9.17) is 9.47 Å². The van der Waals surface area contributed by atoms with Crippen LogP contribution in [-0.4, -0.2) is 12.5 Å². The molecule has 1 N–H and O–H groups in total. The van der Waals surface area contributed by atoms with Gasteiger partial charge in [0, 0.05) is 16.5 Å². The summed E-state index contributed by atoms with van der Waals surface area (Å²) in [5, 5.41) is 4.34. The predicted molar refractivity (Wildman–Crippen MR) is 125 cm³/mol. The fourth-order valence-electron chi connectivity index (χ4n) is 3.64. The summed E-state index contributed by atoms with van der Waals surface area (Å²) in [7, 11) is 0. The molecule has 7 heteroatoms. The second kappa shape index (κ2) is 9.87. The van der Waals surface area contributed by atoms with E-state index >= 15 is 0 Å². The van der Waals surface area contributed by atoms with Gasteiger partial charge in [-0.25, -0.2) is 0 Å². The molecule has 0 heterocycles. The highest BCUT2D eigenvalue weighted by Crippen LogP contribution is 2.35. The molecular weight excluding hydrogens is 443 g/mol. The first-order valence-corrected chi connectivity index (χ1v) is 10.7. The Bertz CT molecular complexity index is 1310. The Morgan fingerprint density at radius 3 is 2.38 bits per heavy atom. The average molecular weight is 465 g/mol. The van der Waals surface area contributed by atoms with Crippen molar-refractivity contribution in [3.8, 4) is 11.5 Å². The van der Waals surface area contributed by atoms with Crippen LogP contribution in [0.15, 0.2) is 84.9 Å². The summed E-state index contributed by atoms with van der Waals surface area (Å²) in [5.74, 6) is 0.552. The smallest absolute Gasteiger partial charge is 0.418 e. The summed E-state index contributed by atoms with van der Waals surface area (Å²) < 4.78 is 51.6. The van der Waals surface area contributed by atoms with Gasteiger partial charge in [0.1, 0.15) is 18.1 Å².